The molecular formula is C19H18N2O3. The van der Waals surface area contributed by atoms with Crippen LogP contribution in [0.5, 0.6) is 5.75 Å². The Balaban J connectivity index is 1.81. The van der Waals surface area contributed by atoms with Crippen LogP contribution in [0.4, 0.5) is 16.2 Å². The minimum Gasteiger partial charge on any atom is -0.508 e. The van der Waals surface area contributed by atoms with Gasteiger partial charge >= 0.3 is 6.03 Å². The number of para-hydroxylation sites is 1. The third-order valence-corrected chi connectivity index (χ3v) is 3.76. The van der Waals surface area contributed by atoms with E-state index in [2.05, 4.69) is 10.6 Å². The highest BCUT2D eigenvalue weighted by Crippen LogP contribution is 2.26. The summed E-state index contributed by atoms with van der Waals surface area (Å²) in [5.41, 5.74) is 2.20. The second-order valence-electron chi connectivity index (χ2n) is 5.42. The van der Waals surface area contributed by atoms with Crippen LogP contribution < -0.4 is 10.6 Å². The number of phenols is 1. The molecule has 3 aromatic rings. The zero-order chi connectivity index (χ0) is 16.9. The number of carbonyl (C=O) groups is 1. The molecule has 122 valence electrons. The third-order valence-electron chi connectivity index (χ3n) is 3.76. The molecular weight excluding hydrogens is 304 g/mol. The maximum atomic E-state index is 12.3. The Morgan fingerprint density at radius 3 is 2.50 bits per heavy atom. The smallest absolute Gasteiger partial charge is 0.323 e. The molecule has 5 nitrogen and oxygen atoms in total. The minimum atomic E-state index is -0.360. The van der Waals surface area contributed by atoms with E-state index in [0.717, 1.165) is 16.3 Å². The van der Waals surface area contributed by atoms with Gasteiger partial charge in [-0.2, -0.15) is 0 Å². The number of phenolic OH excluding ortho intramolecular Hbond substituents is 1. The van der Waals surface area contributed by atoms with E-state index in [1.807, 2.05) is 30.3 Å². The van der Waals surface area contributed by atoms with E-state index in [1.165, 1.54) is 0 Å². The van der Waals surface area contributed by atoms with Crippen LogP contribution in [0.15, 0.2) is 60.7 Å². The quantitative estimate of drug-likeness (QED) is 0.591. The van der Waals surface area contributed by atoms with Gasteiger partial charge in [-0.3, -0.25) is 0 Å². The fourth-order valence-electron chi connectivity index (χ4n) is 2.64. The molecule has 0 saturated heterocycles. The van der Waals surface area contributed by atoms with E-state index in [-0.39, 0.29) is 18.4 Å². The number of anilines is 2. The first-order valence-corrected chi connectivity index (χ1v) is 7.66. The normalized spacial score (nSPS) is 10.5. The van der Waals surface area contributed by atoms with Crippen molar-refractivity contribution in [1.29, 1.82) is 0 Å². The number of carbonyl (C=O) groups excluding carboxylic acids is 1. The van der Waals surface area contributed by atoms with Crippen LogP contribution in [0.2, 0.25) is 0 Å². The monoisotopic (exact) mass is 322 g/mol. The number of fused-ring (bicyclic) bond motifs is 1. The van der Waals surface area contributed by atoms with Crippen molar-refractivity contribution in [1.82, 2.24) is 0 Å². The minimum absolute atomic E-state index is 0.0210. The van der Waals surface area contributed by atoms with E-state index >= 15 is 0 Å². The summed E-state index contributed by atoms with van der Waals surface area (Å²) in [7, 11) is 0. The number of urea groups is 1. The van der Waals surface area contributed by atoms with Crippen molar-refractivity contribution in [2.75, 3.05) is 17.2 Å². The highest BCUT2D eigenvalue weighted by atomic mass is 16.3. The fraction of sp³-hybridized carbons (Fsp3) is 0.105. The molecule has 0 radical (unpaired) electrons. The molecule has 0 unspecified atom stereocenters. The predicted octanol–water partition coefficient (Wildman–Crippen LogP) is 3.72. The van der Waals surface area contributed by atoms with Crippen molar-refractivity contribution >= 4 is 28.2 Å². The van der Waals surface area contributed by atoms with Crippen LogP contribution >= 0.6 is 0 Å². The highest BCUT2D eigenvalue weighted by molar-refractivity contribution is 6.06. The van der Waals surface area contributed by atoms with Gasteiger partial charge in [0, 0.05) is 17.7 Å². The largest absolute Gasteiger partial charge is 0.508 e. The van der Waals surface area contributed by atoms with E-state index in [9.17, 15) is 9.90 Å². The number of nitrogens with one attached hydrogen (secondary N) is 2. The third kappa shape index (κ3) is 3.47. The lowest BCUT2D eigenvalue weighted by Crippen LogP contribution is -2.20. The average Bonchev–Trinajstić information content (AvgIpc) is 2.57. The Morgan fingerprint density at radius 2 is 1.67 bits per heavy atom. The molecule has 24 heavy (non-hydrogen) atoms. The van der Waals surface area contributed by atoms with Gasteiger partial charge in [0.05, 0.1) is 5.69 Å². The Kier molecular flexibility index (Phi) is 4.63. The zero-order valence-electron chi connectivity index (χ0n) is 13.0. The van der Waals surface area contributed by atoms with Gasteiger partial charge in [0.1, 0.15) is 5.75 Å². The summed E-state index contributed by atoms with van der Waals surface area (Å²) >= 11 is 0. The van der Waals surface area contributed by atoms with Gasteiger partial charge < -0.3 is 20.8 Å². The summed E-state index contributed by atoms with van der Waals surface area (Å²) in [5, 5.41) is 26.0. The predicted molar refractivity (Wildman–Crippen MR) is 95.5 cm³/mol. The molecule has 0 heterocycles. The van der Waals surface area contributed by atoms with Crippen molar-refractivity contribution in [3.05, 3.63) is 66.2 Å². The van der Waals surface area contributed by atoms with Crippen LogP contribution in [0.3, 0.4) is 0 Å². The van der Waals surface area contributed by atoms with Gasteiger partial charge in [0.15, 0.2) is 0 Å². The lowest BCUT2D eigenvalue weighted by Gasteiger charge is -2.13. The Labute approximate surface area is 139 Å². The van der Waals surface area contributed by atoms with Crippen LogP contribution in [-0.4, -0.2) is 22.9 Å². The molecule has 0 aliphatic heterocycles. The fourth-order valence-corrected chi connectivity index (χ4v) is 2.64. The van der Waals surface area contributed by atoms with E-state index in [1.54, 1.807) is 30.3 Å². The molecule has 2 amide bonds. The van der Waals surface area contributed by atoms with Crippen molar-refractivity contribution in [3.63, 3.8) is 0 Å². The molecule has 0 aliphatic carbocycles. The van der Waals surface area contributed by atoms with E-state index in [0.29, 0.717) is 17.8 Å². The summed E-state index contributed by atoms with van der Waals surface area (Å²) in [6.45, 7) is 0.0210. The second-order valence-corrected chi connectivity index (χ2v) is 5.42. The first-order chi connectivity index (χ1) is 11.7. The van der Waals surface area contributed by atoms with Crippen molar-refractivity contribution in [2.24, 2.45) is 0 Å². The summed E-state index contributed by atoms with van der Waals surface area (Å²) < 4.78 is 0. The molecule has 3 aromatic carbocycles. The van der Waals surface area contributed by atoms with Gasteiger partial charge in [-0.05, 0) is 47.7 Å². The molecule has 3 rings (SSSR count). The molecule has 0 atom stereocenters. The van der Waals surface area contributed by atoms with Gasteiger partial charge in [-0.15, -0.1) is 0 Å². The van der Waals surface area contributed by atoms with Crippen LogP contribution in [0, 0.1) is 0 Å². The van der Waals surface area contributed by atoms with Gasteiger partial charge in [-0.1, -0.05) is 30.3 Å². The SMILES string of the molecule is O=C(Nc1ccccc1CCO)Nc1cccc2cc(O)ccc12. The van der Waals surface area contributed by atoms with Crippen LogP contribution in [0.1, 0.15) is 5.56 Å². The molecule has 0 saturated carbocycles. The standard InChI is InChI=1S/C19H18N2O3/c22-11-10-13-4-1-2-6-17(13)20-19(24)21-18-7-3-5-14-12-15(23)8-9-16(14)18/h1-9,12,22-23H,10-11H2,(H2,20,21,24). The first kappa shape index (κ1) is 15.8. The molecule has 0 aromatic heterocycles. The van der Waals surface area contributed by atoms with Crippen molar-refractivity contribution < 1.29 is 15.0 Å². The van der Waals surface area contributed by atoms with Gasteiger partial charge in [0.25, 0.3) is 0 Å². The van der Waals surface area contributed by atoms with Crippen molar-refractivity contribution in [3.8, 4) is 5.75 Å². The number of rotatable bonds is 4. The summed E-state index contributed by atoms with van der Waals surface area (Å²) in [6.07, 6.45) is 0.476. The molecule has 0 spiro atoms. The Hall–Kier alpha value is -3.05. The first-order valence-electron chi connectivity index (χ1n) is 7.66. The molecule has 5 heteroatoms. The number of hydrogen-bond acceptors (Lipinski definition) is 3. The summed E-state index contributed by atoms with van der Waals surface area (Å²) in [5.74, 6) is 0.182. The number of aliphatic hydroxyl groups excluding tert-OH is 1. The Morgan fingerprint density at radius 1 is 0.917 bits per heavy atom. The number of aliphatic hydroxyl groups is 1. The molecule has 4 N–H and O–H groups in total. The maximum Gasteiger partial charge on any atom is 0.323 e. The number of aromatic hydroxyl groups is 1. The lowest BCUT2D eigenvalue weighted by molar-refractivity contribution is 0.262. The van der Waals surface area contributed by atoms with Crippen LogP contribution in [-0.2, 0) is 6.42 Å². The van der Waals surface area contributed by atoms with Crippen molar-refractivity contribution in [2.45, 2.75) is 6.42 Å². The van der Waals surface area contributed by atoms with Gasteiger partial charge in [-0.25, -0.2) is 4.79 Å². The maximum absolute atomic E-state index is 12.3. The van der Waals surface area contributed by atoms with E-state index < -0.39 is 0 Å². The summed E-state index contributed by atoms with van der Waals surface area (Å²) in [6, 6.07) is 17.5. The number of hydrogen-bond donors (Lipinski definition) is 4. The summed E-state index contributed by atoms with van der Waals surface area (Å²) in [4.78, 5) is 12.3. The zero-order valence-corrected chi connectivity index (χ0v) is 13.0. The average molecular weight is 322 g/mol. The highest BCUT2D eigenvalue weighted by Gasteiger charge is 2.08. The lowest BCUT2D eigenvalue weighted by atomic mass is 10.1. The Bertz CT molecular complexity index is 877. The second kappa shape index (κ2) is 7.02. The molecule has 0 fully saturated rings. The topological polar surface area (TPSA) is 81.6 Å². The number of amides is 2. The number of benzene rings is 3. The van der Waals surface area contributed by atoms with Crippen LogP contribution in [0.25, 0.3) is 10.8 Å². The molecule has 0 aliphatic rings. The van der Waals surface area contributed by atoms with Gasteiger partial charge in [0.2, 0.25) is 0 Å². The molecule has 0 bridgehead atoms. The van der Waals surface area contributed by atoms with E-state index in [4.69, 9.17) is 5.11 Å².